The molecule has 0 fully saturated rings. The number of hydrogen-bond donors (Lipinski definition) is 2. The lowest BCUT2D eigenvalue weighted by Crippen LogP contribution is -2.37. The summed E-state index contributed by atoms with van der Waals surface area (Å²) in [4.78, 5) is 11.0. The van der Waals surface area contributed by atoms with Gasteiger partial charge in [0.1, 0.15) is 0 Å². The minimum Gasteiger partial charge on any atom is -0.421 e. The molecule has 0 aliphatic heterocycles. The Hall–Kier alpha value is -2.47. The lowest BCUT2D eigenvalue weighted by Gasteiger charge is -2.37. The number of allylic oxidation sites excluding steroid dienone is 1. The second-order valence-corrected chi connectivity index (χ2v) is 8.67. The van der Waals surface area contributed by atoms with Crippen LogP contribution in [0, 0.1) is 23.7 Å². The lowest BCUT2D eigenvalue weighted by molar-refractivity contribution is -0.118. The molecule has 1 heterocycles. The van der Waals surface area contributed by atoms with Crippen molar-refractivity contribution in [3.05, 3.63) is 47.9 Å². The molecule has 3 rings (SSSR count). The molecule has 0 unspecified atom stereocenters. The minimum atomic E-state index is 0.0181. The molecule has 6 nitrogen and oxygen atoms in total. The first-order valence-electron chi connectivity index (χ1n) is 10.9. The first-order chi connectivity index (χ1) is 14.4. The largest absolute Gasteiger partial charge is 0.421 e. The molecular weight excluding hydrogens is 376 g/mol. The summed E-state index contributed by atoms with van der Waals surface area (Å²) in [5.41, 5.74) is 2.36. The Morgan fingerprint density at radius 2 is 1.97 bits per heavy atom. The van der Waals surface area contributed by atoms with Gasteiger partial charge in [-0.3, -0.25) is 4.79 Å². The van der Waals surface area contributed by atoms with Gasteiger partial charge in [0.25, 0.3) is 0 Å². The van der Waals surface area contributed by atoms with Crippen LogP contribution in [0.4, 0.5) is 0 Å². The normalized spacial score (nSPS) is 21.5. The third-order valence-electron chi connectivity index (χ3n) is 6.05. The number of rotatable bonds is 9. The minimum absolute atomic E-state index is 0.0181. The average molecular weight is 411 g/mol. The van der Waals surface area contributed by atoms with E-state index in [0.717, 1.165) is 31.5 Å². The van der Waals surface area contributed by atoms with E-state index in [9.17, 15) is 4.79 Å². The SMILES string of the molecule is CC(=O)NCCNC[C@@H]1C=C(C)[C@H](Cc2nnc(-c3ccccc3)o2)C[C@H]1C(C)C. The Kier molecular flexibility index (Phi) is 7.80. The number of hydrogen-bond acceptors (Lipinski definition) is 5. The molecule has 1 aromatic heterocycles. The molecule has 1 aliphatic rings. The predicted octanol–water partition coefficient (Wildman–Crippen LogP) is 3.86. The van der Waals surface area contributed by atoms with Gasteiger partial charge in [0.15, 0.2) is 0 Å². The Morgan fingerprint density at radius 3 is 2.67 bits per heavy atom. The zero-order valence-corrected chi connectivity index (χ0v) is 18.5. The quantitative estimate of drug-likeness (QED) is 0.485. The molecular formula is C24H34N4O2. The monoisotopic (exact) mass is 410 g/mol. The van der Waals surface area contributed by atoms with E-state index in [1.165, 1.54) is 5.57 Å². The van der Waals surface area contributed by atoms with Crippen LogP contribution in [-0.4, -0.2) is 35.7 Å². The van der Waals surface area contributed by atoms with E-state index in [4.69, 9.17) is 4.42 Å². The Labute approximate surface area is 179 Å². The fraction of sp³-hybridized carbons (Fsp3) is 0.542. The van der Waals surface area contributed by atoms with Crippen LogP contribution >= 0.6 is 0 Å². The predicted molar refractivity (Wildman–Crippen MR) is 119 cm³/mol. The number of carbonyl (C=O) groups is 1. The van der Waals surface area contributed by atoms with Crippen molar-refractivity contribution in [3.63, 3.8) is 0 Å². The summed E-state index contributed by atoms with van der Waals surface area (Å²) < 4.78 is 5.96. The maximum atomic E-state index is 11.0. The molecule has 1 aliphatic carbocycles. The van der Waals surface area contributed by atoms with Gasteiger partial charge in [-0.2, -0.15) is 0 Å². The topological polar surface area (TPSA) is 80.0 Å². The van der Waals surface area contributed by atoms with Crippen molar-refractivity contribution in [3.8, 4) is 11.5 Å². The summed E-state index contributed by atoms with van der Waals surface area (Å²) in [6, 6.07) is 9.91. The summed E-state index contributed by atoms with van der Waals surface area (Å²) in [6.07, 6.45) is 4.34. The van der Waals surface area contributed by atoms with Crippen molar-refractivity contribution in [1.82, 2.24) is 20.8 Å². The van der Waals surface area contributed by atoms with E-state index in [2.05, 4.69) is 47.7 Å². The smallest absolute Gasteiger partial charge is 0.247 e. The van der Waals surface area contributed by atoms with Crippen LogP contribution in [0.15, 0.2) is 46.4 Å². The summed E-state index contributed by atoms with van der Waals surface area (Å²) in [7, 11) is 0. The fourth-order valence-electron chi connectivity index (χ4n) is 4.35. The van der Waals surface area contributed by atoms with Gasteiger partial charge in [0.2, 0.25) is 17.7 Å². The van der Waals surface area contributed by atoms with E-state index in [0.29, 0.717) is 42.0 Å². The number of carbonyl (C=O) groups excluding carboxylic acids is 1. The summed E-state index contributed by atoms with van der Waals surface area (Å²) in [5.74, 6) is 3.44. The standard InChI is InChI=1S/C24H34N4O2/c1-16(2)22-13-20(17(3)12-21(22)15-25-10-11-26-18(4)29)14-23-27-28-24(30-23)19-8-6-5-7-9-19/h5-9,12,16,20-22,25H,10-11,13-15H2,1-4H3,(H,26,29)/t20-,21-,22-/m0/s1. The molecule has 0 bridgehead atoms. The van der Waals surface area contributed by atoms with Gasteiger partial charge in [-0.15, -0.1) is 10.2 Å². The molecule has 2 N–H and O–H groups in total. The highest BCUT2D eigenvalue weighted by Crippen LogP contribution is 2.38. The molecule has 1 aromatic carbocycles. The van der Waals surface area contributed by atoms with Crippen LogP contribution in [0.2, 0.25) is 0 Å². The molecule has 1 amide bonds. The highest BCUT2D eigenvalue weighted by atomic mass is 16.4. The van der Waals surface area contributed by atoms with Gasteiger partial charge in [-0.25, -0.2) is 0 Å². The van der Waals surface area contributed by atoms with Crippen molar-refractivity contribution >= 4 is 5.91 Å². The van der Waals surface area contributed by atoms with E-state index < -0.39 is 0 Å². The molecule has 0 saturated carbocycles. The van der Waals surface area contributed by atoms with E-state index in [-0.39, 0.29) is 5.91 Å². The number of aromatic nitrogens is 2. The molecule has 0 spiro atoms. The summed E-state index contributed by atoms with van der Waals surface area (Å²) >= 11 is 0. The first kappa shape index (κ1) is 22.2. The second-order valence-electron chi connectivity index (χ2n) is 8.67. The van der Waals surface area contributed by atoms with Gasteiger partial charge in [0.05, 0.1) is 0 Å². The van der Waals surface area contributed by atoms with Crippen molar-refractivity contribution < 1.29 is 9.21 Å². The Bertz CT molecular complexity index is 844. The maximum absolute atomic E-state index is 11.0. The van der Waals surface area contributed by atoms with Gasteiger partial charge in [-0.05, 0) is 49.1 Å². The van der Waals surface area contributed by atoms with E-state index in [1.54, 1.807) is 6.92 Å². The summed E-state index contributed by atoms with van der Waals surface area (Å²) in [6.45, 7) is 10.8. The fourth-order valence-corrected chi connectivity index (χ4v) is 4.35. The molecule has 6 heteroatoms. The highest BCUT2D eigenvalue weighted by molar-refractivity contribution is 5.72. The number of nitrogens with zero attached hydrogens (tertiary/aromatic N) is 2. The zero-order chi connectivity index (χ0) is 21.5. The van der Waals surface area contributed by atoms with Crippen LogP contribution in [0.1, 0.15) is 40.0 Å². The highest BCUT2D eigenvalue weighted by Gasteiger charge is 2.32. The zero-order valence-electron chi connectivity index (χ0n) is 18.5. The Balaban J connectivity index is 1.61. The van der Waals surface area contributed by atoms with Crippen molar-refractivity contribution in [2.24, 2.45) is 23.7 Å². The van der Waals surface area contributed by atoms with Crippen molar-refractivity contribution in [2.75, 3.05) is 19.6 Å². The summed E-state index contributed by atoms with van der Waals surface area (Å²) in [5, 5.41) is 14.9. The van der Waals surface area contributed by atoms with Crippen LogP contribution in [0.25, 0.3) is 11.5 Å². The number of benzene rings is 1. The molecule has 2 aromatic rings. The second kappa shape index (κ2) is 10.5. The average Bonchev–Trinajstić information content (AvgIpc) is 3.18. The number of amides is 1. The molecule has 0 saturated heterocycles. The van der Waals surface area contributed by atoms with Crippen LogP contribution in [-0.2, 0) is 11.2 Å². The first-order valence-corrected chi connectivity index (χ1v) is 10.9. The van der Waals surface area contributed by atoms with Crippen LogP contribution < -0.4 is 10.6 Å². The van der Waals surface area contributed by atoms with Crippen molar-refractivity contribution in [2.45, 2.75) is 40.5 Å². The van der Waals surface area contributed by atoms with Crippen LogP contribution in [0.5, 0.6) is 0 Å². The van der Waals surface area contributed by atoms with E-state index in [1.807, 2.05) is 30.3 Å². The van der Waals surface area contributed by atoms with Crippen LogP contribution in [0.3, 0.4) is 0 Å². The van der Waals surface area contributed by atoms with E-state index >= 15 is 0 Å². The third kappa shape index (κ3) is 6.02. The molecule has 30 heavy (non-hydrogen) atoms. The Morgan fingerprint density at radius 1 is 1.20 bits per heavy atom. The molecule has 3 atom stereocenters. The lowest BCUT2D eigenvalue weighted by atomic mass is 9.70. The number of nitrogens with one attached hydrogen (secondary N) is 2. The van der Waals surface area contributed by atoms with Gasteiger partial charge >= 0.3 is 0 Å². The molecule has 162 valence electrons. The third-order valence-corrected chi connectivity index (χ3v) is 6.05. The maximum Gasteiger partial charge on any atom is 0.247 e. The van der Waals surface area contributed by atoms with Gasteiger partial charge < -0.3 is 15.1 Å². The molecule has 0 radical (unpaired) electrons. The van der Waals surface area contributed by atoms with Gasteiger partial charge in [-0.1, -0.05) is 43.7 Å². The van der Waals surface area contributed by atoms with Gasteiger partial charge in [0, 0.05) is 38.5 Å². The van der Waals surface area contributed by atoms with Crippen molar-refractivity contribution in [1.29, 1.82) is 0 Å².